The van der Waals surface area contributed by atoms with E-state index in [2.05, 4.69) is 0 Å². The molecule has 0 spiro atoms. The normalized spacial score (nSPS) is 16.9. The first kappa shape index (κ1) is 20.2. The summed E-state index contributed by atoms with van der Waals surface area (Å²) < 4.78 is 53.6. The van der Waals surface area contributed by atoms with E-state index in [1.807, 2.05) is 0 Å². The maximum Gasteiger partial charge on any atom is 1.00 e. The van der Waals surface area contributed by atoms with E-state index < -0.39 is 18.8 Å². The summed E-state index contributed by atoms with van der Waals surface area (Å²) in [5.41, 5.74) is 0. The topological polar surface area (TPSA) is 26.3 Å². The zero-order valence-corrected chi connectivity index (χ0v) is 13.8. The standard InChI is InChI=1S/C13H19F4O2.Na/c14-12(15)13(16,17)8-4-5-9-19-11(18)10-6-2-1-3-7-10;/h10H,1-9H2;/q-1;+1. The summed E-state index contributed by atoms with van der Waals surface area (Å²) in [5, 5.41) is 0. The van der Waals surface area contributed by atoms with Crippen molar-refractivity contribution in [3.8, 4) is 0 Å². The SMILES string of the molecule is O=C(OCCCCC(F)(F)[C-](F)F)C1CCCCC1.[Na+]. The van der Waals surface area contributed by atoms with Crippen LogP contribution in [0.5, 0.6) is 0 Å². The maximum absolute atomic E-state index is 12.5. The fourth-order valence-corrected chi connectivity index (χ4v) is 2.17. The fraction of sp³-hybridized carbons (Fsp3) is 0.846. The molecule has 0 aromatic heterocycles. The first-order valence-corrected chi connectivity index (χ1v) is 6.66. The van der Waals surface area contributed by atoms with Gasteiger partial charge >= 0.3 is 35.5 Å². The monoisotopic (exact) mass is 306 g/mol. The van der Waals surface area contributed by atoms with Crippen molar-refractivity contribution in [2.75, 3.05) is 6.61 Å². The van der Waals surface area contributed by atoms with Crippen LogP contribution in [0.2, 0.25) is 0 Å². The Morgan fingerprint density at radius 1 is 1.15 bits per heavy atom. The quantitative estimate of drug-likeness (QED) is 0.233. The number of rotatable bonds is 7. The Bertz CT molecular complexity index is 282. The van der Waals surface area contributed by atoms with E-state index in [-0.39, 0.29) is 60.9 Å². The molecule has 0 unspecified atom stereocenters. The second-order valence-electron chi connectivity index (χ2n) is 4.92. The molecule has 112 valence electrons. The number of unbranched alkanes of at least 4 members (excludes halogenated alkanes) is 1. The number of ether oxygens (including phenoxy) is 1. The van der Waals surface area contributed by atoms with Crippen molar-refractivity contribution in [1.82, 2.24) is 0 Å². The molecule has 0 bridgehead atoms. The molecular weight excluding hydrogens is 287 g/mol. The van der Waals surface area contributed by atoms with Crippen molar-refractivity contribution in [1.29, 1.82) is 0 Å². The first-order valence-electron chi connectivity index (χ1n) is 6.66. The van der Waals surface area contributed by atoms with Crippen LogP contribution in [0.3, 0.4) is 0 Å². The molecule has 0 radical (unpaired) electrons. The molecular formula is C13H19F4NaO2. The van der Waals surface area contributed by atoms with Gasteiger partial charge in [0.05, 0.1) is 19.0 Å². The van der Waals surface area contributed by atoms with Gasteiger partial charge in [-0.1, -0.05) is 19.3 Å². The number of carbonyl (C=O) groups excluding carboxylic acids is 1. The Morgan fingerprint density at radius 2 is 1.75 bits per heavy atom. The minimum absolute atomic E-state index is 0. The van der Waals surface area contributed by atoms with Crippen LogP contribution in [0.15, 0.2) is 0 Å². The van der Waals surface area contributed by atoms with Gasteiger partial charge in [0.15, 0.2) is 5.92 Å². The maximum atomic E-state index is 12.5. The van der Waals surface area contributed by atoms with Crippen LogP contribution in [0, 0.1) is 12.3 Å². The van der Waals surface area contributed by atoms with Crippen LogP contribution in [0.1, 0.15) is 51.4 Å². The third-order valence-corrected chi connectivity index (χ3v) is 3.34. The molecule has 7 heteroatoms. The van der Waals surface area contributed by atoms with Crippen LogP contribution >= 0.6 is 0 Å². The van der Waals surface area contributed by atoms with Gasteiger partial charge in [-0.25, -0.2) is 8.78 Å². The molecule has 0 atom stereocenters. The van der Waals surface area contributed by atoms with Gasteiger partial charge in [-0.3, -0.25) is 4.79 Å². The Labute approximate surface area is 138 Å². The van der Waals surface area contributed by atoms with Gasteiger partial charge in [0.2, 0.25) is 0 Å². The Morgan fingerprint density at radius 3 is 2.30 bits per heavy atom. The zero-order chi connectivity index (χ0) is 14.3. The molecule has 2 nitrogen and oxygen atoms in total. The molecule has 20 heavy (non-hydrogen) atoms. The number of esters is 1. The van der Waals surface area contributed by atoms with E-state index in [1.165, 1.54) is 0 Å². The van der Waals surface area contributed by atoms with Gasteiger partial charge in [0.25, 0.3) is 0 Å². The van der Waals surface area contributed by atoms with E-state index in [0.717, 1.165) is 32.1 Å². The molecule has 1 rings (SSSR count). The van der Waals surface area contributed by atoms with Gasteiger partial charge in [0, 0.05) is 0 Å². The van der Waals surface area contributed by atoms with Crippen LogP contribution in [-0.4, -0.2) is 18.5 Å². The molecule has 0 aromatic carbocycles. The van der Waals surface area contributed by atoms with Crippen molar-refractivity contribution >= 4 is 5.97 Å². The molecule has 0 heterocycles. The number of alkyl halides is 2. The second-order valence-corrected chi connectivity index (χ2v) is 4.92. The Hall–Kier alpha value is 0.190. The molecule has 0 saturated heterocycles. The van der Waals surface area contributed by atoms with Crippen molar-refractivity contribution in [3.05, 3.63) is 6.43 Å². The van der Waals surface area contributed by atoms with Gasteiger partial charge in [-0.05, 0) is 32.1 Å². The van der Waals surface area contributed by atoms with Crippen molar-refractivity contribution in [2.45, 2.75) is 57.3 Å². The summed E-state index contributed by atoms with van der Waals surface area (Å²) in [6, 6.07) is 0. The van der Waals surface area contributed by atoms with E-state index in [9.17, 15) is 22.4 Å². The summed E-state index contributed by atoms with van der Waals surface area (Å²) >= 11 is 0. The van der Waals surface area contributed by atoms with Crippen LogP contribution in [0.4, 0.5) is 17.6 Å². The van der Waals surface area contributed by atoms with Crippen LogP contribution in [-0.2, 0) is 9.53 Å². The summed E-state index contributed by atoms with van der Waals surface area (Å²) in [4.78, 5) is 11.6. The van der Waals surface area contributed by atoms with Gasteiger partial charge in [-0.15, -0.1) is 0 Å². The van der Waals surface area contributed by atoms with E-state index in [4.69, 9.17) is 4.74 Å². The summed E-state index contributed by atoms with van der Waals surface area (Å²) in [7, 11) is 0. The molecule has 1 aliphatic carbocycles. The van der Waals surface area contributed by atoms with E-state index >= 15 is 0 Å². The minimum Gasteiger partial charge on any atom is -0.465 e. The van der Waals surface area contributed by atoms with E-state index in [0.29, 0.717) is 0 Å². The molecule has 1 fully saturated rings. The molecule has 0 amide bonds. The molecule has 0 N–H and O–H groups in total. The second kappa shape index (κ2) is 10.0. The Kier molecular flexibility index (Phi) is 10.1. The zero-order valence-electron chi connectivity index (χ0n) is 11.8. The predicted molar refractivity (Wildman–Crippen MR) is 61.8 cm³/mol. The molecule has 1 saturated carbocycles. The predicted octanol–water partition coefficient (Wildman–Crippen LogP) is 1.35. The van der Waals surface area contributed by atoms with Gasteiger partial charge in [0.1, 0.15) is 0 Å². The Balaban J connectivity index is 0.00000361. The van der Waals surface area contributed by atoms with E-state index in [1.54, 1.807) is 0 Å². The fourth-order valence-electron chi connectivity index (χ4n) is 2.17. The molecule has 0 aliphatic heterocycles. The third-order valence-electron chi connectivity index (χ3n) is 3.34. The number of carbonyl (C=O) groups is 1. The number of halogens is 4. The molecule has 1 aliphatic rings. The van der Waals surface area contributed by atoms with Crippen molar-refractivity contribution in [3.63, 3.8) is 0 Å². The summed E-state index contributed by atoms with van der Waals surface area (Å²) in [6.45, 7) is 0.0271. The number of hydrogen-bond donors (Lipinski definition) is 0. The average Bonchev–Trinajstić information content (AvgIpc) is 2.38. The number of hydrogen-bond acceptors (Lipinski definition) is 2. The van der Waals surface area contributed by atoms with Crippen LogP contribution < -0.4 is 29.6 Å². The minimum atomic E-state index is -4.02. The largest absolute Gasteiger partial charge is 1.00 e. The summed E-state index contributed by atoms with van der Waals surface area (Å²) in [5.74, 6) is -4.38. The average molecular weight is 306 g/mol. The van der Waals surface area contributed by atoms with Crippen molar-refractivity contribution < 1.29 is 56.7 Å². The smallest absolute Gasteiger partial charge is 0.465 e. The first-order chi connectivity index (χ1) is 8.93. The van der Waals surface area contributed by atoms with Gasteiger partial charge in [-0.2, -0.15) is 0 Å². The summed E-state index contributed by atoms with van der Waals surface area (Å²) in [6.07, 6.45) is 1.11. The third kappa shape index (κ3) is 7.27. The van der Waals surface area contributed by atoms with Gasteiger partial charge < -0.3 is 13.5 Å². The van der Waals surface area contributed by atoms with Crippen molar-refractivity contribution in [2.24, 2.45) is 5.92 Å². The van der Waals surface area contributed by atoms with Crippen LogP contribution in [0.25, 0.3) is 0 Å². The molecule has 0 aromatic rings.